The molecule has 0 saturated heterocycles. The summed E-state index contributed by atoms with van der Waals surface area (Å²) in [7, 11) is -4.26. The monoisotopic (exact) mass is 369 g/mol. The third-order valence-corrected chi connectivity index (χ3v) is 4.26. The molecule has 124 valence electrons. The number of rotatable bonds is 5. The molecule has 0 heterocycles. The molecular weight excluding hydrogens is 362 g/mol. The largest absolute Gasteiger partial charge is 0.433 e. The van der Waals surface area contributed by atoms with Gasteiger partial charge in [-0.05, 0) is 30.3 Å². The predicted octanol–water partition coefficient (Wildman–Crippen LogP) is 4.02. The third-order valence-electron chi connectivity index (χ3n) is 2.61. The third kappa shape index (κ3) is 4.26. The Hall–Kier alpha value is -2.00. The van der Waals surface area contributed by atoms with Gasteiger partial charge < -0.3 is 4.74 Å². The summed E-state index contributed by atoms with van der Waals surface area (Å²) in [4.78, 5) is -0.409. The second-order valence-electron chi connectivity index (χ2n) is 4.20. The SMILES string of the molecule is O=S(=O)(Nc1ccc(F)cc1F)c1ccc(OC(F)F)c(Cl)c1. The molecule has 0 radical (unpaired) electrons. The molecule has 2 aromatic carbocycles. The summed E-state index contributed by atoms with van der Waals surface area (Å²) in [5.74, 6) is -2.40. The highest BCUT2D eigenvalue weighted by Gasteiger charge is 2.19. The first-order valence-corrected chi connectivity index (χ1v) is 7.77. The maximum atomic E-state index is 13.5. The number of hydrogen-bond donors (Lipinski definition) is 1. The van der Waals surface area contributed by atoms with E-state index in [1.165, 1.54) is 0 Å². The van der Waals surface area contributed by atoms with Crippen molar-refractivity contribution in [2.45, 2.75) is 11.5 Å². The fourth-order valence-electron chi connectivity index (χ4n) is 1.62. The summed E-state index contributed by atoms with van der Waals surface area (Å²) >= 11 is 5.66. The van der Waals surface area contributed by atoms with Crippen molar-refractivity contribution in [3.05, 3.63) is 53.1 Å². The summed E-state index contributed by atoms with van der Waals surface area (Å²) in [5.41, 5.74) is -0.476. The van der Waals surface area contributed by atoms with Crippen molar-refractivity contribution in [1.29, 1.82) is 0 Å². The quantitative estimate of drug-likeness (QED) is 0.810. The number of nitrogens with one attached hydrogen (secondary N) is 1. The molecule has 0 aromatic heterocycles. The second-order valence-corrected chi connectivity index (χ2v) is 6.29. The molecule has 0 saturated carbocycles. The van der Waals surface area contributed by atoms with Gasteiger partial charge in [-0.15, -0.1) is 0 Å². The van der Waals surface area contributed by atoms with Crippen LogP contribution in [-0.4, -0.2) is 15.0 Å². The van der Waals surface area contributed by atoms with Gasteiger partial charge in [0.1, 0.15) is 17.4 Å². The number of halogens is 5. The standard InChI is InChI=1S/C13H8ClF4NO3S/c14-9-6-8(2-4-12(9)22-13(17)18)23(20,21)19-11-3-1-7(15)5-10(11)16/h1-6,13,19H. The minimum absolute atomic E-state index is 0.368. The lowest BCUT2D eigenvalue weighted by atomic mass is 10.3. The molecular formula is C13H8ClF4NO3S. The summed E-state index contributed by atoms with van der Waals surface area (Å²) in [6.45, 7) is -3.12. The molecule has 0 amide bonds. The molecule has 0 aliphatic heterocycles. The van der Waals surface area contributed by atoms with Gasteiger partial charge in [-0.25, -0.2) is 17.2 Å². The topological polar surface area (TPSA) is 55.4 Å². The minimum atomic E-state index is -4.26. The molecule has 10 heteroatoms. The number of benzene rings is 2. The van der Waals surface area contributed by atoms with Gasteiger partial charge in [0.2, 0.25) is 0 Å². The van der Waals surface area contributed by atoms with Crippen LogP contribution >= 0.6 is 11.6 Å². The number of anilines is 1. The van der Waals surface area contributed by atoms with Crippen LogP contribution in [0.2, 0.25) is 5.02 Å². The summed E-state index contributed by atoms with van der Waals surface area (Å²) in [5, 5.41) is -0.368. The number of hydrogen-bond acceptors (Lipinski definition) is 3. The van der Waals surface area contributed by atoms with Crippen molar-refractivity contribution >= 4 is 27.3 Å². The normalized spacial score (nSPS) is 11.6. The van der Waals surface area contributed by atoms with Gasteiger partial charge >= 0.3 is 6.61 Å². The van der Waals surface area contributed by atoms with Gasteiger partial charge in [0.25, 0.3) is 10.0 Å². The van der Waals surface area contributed by atoms with Crippen molar-refractivity contribution in [3.63, 3.8) is 0 Å². The number of sulfonamides is 1. The smallest absolute Gasteiger partial charge is 0.387 e. The predicted molar refractivity (Wildman–Crippen MR) is 75.3 cm³/mol. The molecule has 2 aromatic rings. The van der Waals surface area contributed by atoms with E-state index < -0.39 is 44.6 Å². The Kier molecular flexibility index (Phi) is 5.00. The maximum absolute atomic E-state index is 13.5. The summed E-state index contributed by atoms with van der Waals surface area (Å²) < 4.78 is 80.7. The van der Waals surface area contributed by atoms with E-state index in [9.17, 15) is 26.0 Å². The molecule has 0 bridgehead atoms. The van der Waals surface area contributed by atoms with E-state index in [0.29, 0.717) is 6.07 Å². The van der Waals surface area contributed by atoms with Crippen LogP contribution in [0.4, 0.5) is 23.2 Å². The Bertz CT molecular complexity index is 830. The fourth-order valence-corrected chi connectivity index (χ4v) is 3.00. The molecule has 0 atom stereocenters. The maximum Gasteiger partial charge on any atom is 0.387 e. The lowest BCUT2D eigenvalue weighted by molar-refractivity contribution is -0.0498. The first kappa shape index (κ1) is 17.4. The minimum Gasteiger partial charge on any atom is -0.433 e. The molecule has 23 heavy (non-hydrogen) atoms. The highest BCUT2D eigenvalue weighted by molar-refractivity contribution is 7.92. The van der Waals surface area contributed by atoms with Crippen LogP contribution in [0.15, 0.2) is 41.3 Å². The highest BCUT2D eigenvalue weighted by atomic mass is 35.5. The van der Waals surface area contributed by atoms with Gasteiger partial charge in [0, 0.05) is 6.07 Å². The van der Waals surface area contributed by atoms with Crippen LogP contribution in [0.1, 0.15) is 0 Å². The van der Waals surface area contributed by atoms with Crippen LogP contribution in [0.5, 0.6) is 5.75 Å². The van der Waals surface area contributed by atoms with Crippen LogP contribution in [0, 0.1) is 11.6 Å². The van der Waals surface area contributed by atoms with Crippen molar-refractivity contribution in [2.24, 2.45) is 0 Å². The van der Waals surface area contributed by atoms with Crippen molar-refractivity contribution in [2.75, 3.05) is 4.72 Å². The van der Waals surface area contributed by atoms with E-state index >= 15 is 0 Å². The zero-order valence-electron chi connectivity index (χ0n) is 11.1. The Morgan fingerprint density at radius 2 is 1.78 bits per heavy atom. The first-order chi connectivity index (χ1) is 10.7. The lowest BCUT2D eigenvalue weighted by Gasteiger charge is -2.11. The van der Waals surface area contributed by atoms with Gasteiger partial charge in [-0.3, -0.25) is 4.72 Å². The molecule has 4 nitrogen and oxygen atoms in total. The van der Waals surface area contributed by atoms with Crippen LogP contribution in [0.3, 0.4) is 0 Å². The first-order valence-electron chi connectivity index (χ1n) is 5.91. The average molecular weight is 370 g/mol. The van der Waals surface area contributed by atoms with E-state index in [4.69, 9.17) is 11.6 Å². The Morgan fingerprint density at radius 3 is 2.35 bits per heavy atom. The lowest BCUT2D eigenvalue weighted by Crippen LogP contribution is -2.14. The zero-order chi connectivity index (χ0) is 17.2. The molecule has 0 aliphatic carbocycles. The van der Waals surface area contributed by atoms with Gasteiger partial charge in [0.15, 0.2) is 0 Å². The Labute approximate surface area is 133 Å². The Balaban J connectivity index is 2.31. The fraction of sp³-hybridized carbons (Fsp3) is 0.0769. The number of alkyl halides is 2. The molecule has 0 unspecified atom stereocenters. The van der Waals surface area contributed by atoms with E-state index in [1.54, 1.807) is 0 Å². The molecule has 0 aliphatic rings. The van der Waals surface area contributed by atoms with E-state index in [2.05, 4.69) is 4.74 Å². The highest BCUT2D eigenvalue weighted by Crippen LogP contribution is 2.29. The summed E-state index contributed by atoms with van der Waals surface area (Å²) in [6, 6.07) is 5.02. The van der Waals surface area contributed by atoms with Crippen molar-refractivity contribution in [1.82, 2.24) is 0 Å². The van der Waals surface area contributed by atoms with E-state index in [0.717, 1.165) is 30.3 Å². The van der Waals surface area contributed by atoms with Crippen molar-refractivity contribution in [3.8, 4) is 5.75 Å². The van der Waals surface area contributed by atoms with Gasteiger partial charge in [0.05, 0.1) is 15.6 Å². The average Bonchev–Trinajstić information content (AvgIpc) is 2.43. The van der Waals surface area contributed by atoms with Crippen LogP contribution < -0.4 is 9.46 Å². The molecule has 0 fully saturated rings. The van der Waals surface area contributed by atoms with Crippen LogP contribution in [-0.2, 0) is 10.0 Å². The van der Waals surface area contributed by atoms with Crippen LogP contribution in [0.25, 0.3) is 0 Å². The second kappa shape index (κ2) is 6.63. The van der Waals surface area contributed by atoms with E-state index in [1.807, 2.05) is 4.72 Å². The van der Waals surface area contributed by atoms with Crippen molar-refractivity contribution < 1.29 is 30.7 Å². The molecule has 0 spiro atoms. The van der Waals surface area contributed by atoms with Gasteiger partial charge in [-0.1, -0.05) is 11.6 Å². The van der Waals surface area contributed by atoms with E-state index in [-0.39, 0.29) is 5.02 Å². The molecule has 1 N–H and O–H groups in total. The Morgan fingerprint density at radius 1 is 1.09 bits per heavy atom. The zero-order valence-corrected chi connectivity index (χ0v) is 12.6. The van der Waals surface area contributed by atoms with Gasteiger partial charge in [-0.2, -0.15) is 8.78 Å². The summed E-state index contributed by atoms with van der Waals surface area (Å²) in [6.07, 6.45) is 0. The molecule has 2 rings (SSSR count). The number of ether oxygens (including phenoxy) is 1.